The van der Waals surface area contributed by atoms with Gasteiger partial charge in [-0.2, -0.15) is 0 Å². The number of hydrogen-bond acceptors (Lipinski definition) is 2. The number of benzene rings is 1. The largest absolute Gasteiger partial charge is 0.342 e. The highest BCUT2D eigenvalue weighted by Gasteiger charge is 2.29. The maximum atomic E-state index is 13.5. The highest BCUT2D eigenvalue weighted by atomic mass is 32.2. The second-order valence-electron chi connectivity index (χ2n) is 4.40. The molecule has 0 aliphatic carbocycles. The van der Waals surface area contributed by atoms with Crippen LogP contribution >= 0.6 is 0 Å². The van der Waals surface area contributed by atoms with Crippen LogP contribution in [0.4, 0.5) is 4.39 Å². The van der Waals surface area contributed by atoms with Crippen molar-refractivity contribution >= 4 is 16.7 Å². The first kappa shape index (κ1) is 13.2. The zero-order chi connectivity index (χ0) is 13.1. The maximum Gasteiger partial charge on any atom is 0.238 e. The molecule has 0 saturated carbocycles. The second-order valence-corrected chi connectivity index (χ2v) is 6.14. The molecule has 98 valence electrons. The first-order valence-corrected chi connectivity index (χ1v) is 7.26. The van der Waals surface area contributed by atoms with Gasteiger partial charge in [0.15, 0.2) is 0 Å². The van der Waals surface area contributed by atoms with Crippen molar-refractivity contribution in [2.75, 3.05) is 13.1 Å². The Morgan fingerprint density at radius 1 is 1.33 bits per heavy atom. The van der Waals surface area contributed by atoms with E-state index in [1.807, 2.05) is 0 Å². The van der Waals surface area contributed by atoms with Gasteiger partial charge in [0.1, 0.15) is 11.1 Å². The molecular weight excluding hydrogens is 253 g/mol. The lowest BCUT2D eigenvalue weighted by Crippen LogP contribution is -2.38. The van der Waals surface area contributed by atoms with E-state index in [0.29, 0.717) is 0 Å². The second kappa shape index (κ2) is 5.61. The van der Waals surface area contributed by atoms with Gasteiger partial charge in [0.05, 0.1) is 15.7 Å². The average Bonchev–Trinajstić information content (AvgIpc) is 2.90. The molecule has 0 aromatic heterocycles. The van der Waals surface area contributed by atoms with Crippen molar-refractivity contribution in [3.05, 3.63) is 30.1 Å². The number of nitrogens with zero attached hydrogens (tertiary/aromatic N) is 1. The summed E-state index contributed by atoms with van der Waals surface area (Å²) in [5.74, 6) is -0.661. The lowest BCUT2D eigenvalue weighted by atomic mass is 10.3. The van der Waals surface area contributed by atoms with Gasteiger partial charge in [-0.1, -0.05) is 12.1 Å². The fraction of sp³-hybridized carbons (Fsp3) is 0.462. The van der Waals surface area contributed by atoms with Crippen LogP contribution in [0, 0.1) is 5.82 Å². The smallest absolute Gasteiger partial charge is 0.238 e. The topological polar surface area (TPSA) is 37.4 Å². The third-order valence-electron chi connectivity index (χ3n) is 3.14. The number of carbonyl (C=O) groups is 1. The van der Waals surface area contributed by atoms with E-state index in [1.165, 1.54) is 12.1 Å². The van der Waals surface area contributed by atoms with Gasteiger partial charge in [-0.25, -0.2) is 4.39 Å². The van der Waals surface area contributed by atoms with Crippen LogP contribution in [0.5, 0.6) is 0 Å². The van der Waals surface area contributed by atoms with Gasteiger partial charge in [0, 0.05) is 13.1 Å². The van der Waals surface area contributed by atoms with E-state index < -0.39 is 21.9 Å². The lowest BCUT2D eigenvalue weighted by molar-refractivity contribution is -0.129. The average molecular weight is 269 g/mol. The van der Waals surface area contributed by atoms with Gasteiger partial charge >= 0.3 is 0 Å². The molecule has 1 saturated heterocycles. The first-order chi connectivity index (χ1) is 8.61. The highest BCUT2D eigenvalue weighted by molar-refractivity contribution is 7.86. The highest BCUT2D eigenvalue weighted by Crippen LogP contribution is 2.18. The SMILES string of the molecule is CC(C(=O)N1CCCC1)S(=O)c1ccccc1F. The molecule has 2 atom stereocenters. The van der Waals surface area contributed by atoms with Crippen LogP contribution in [0.2, 0.25) is 0 Å². The minimum atomic E-state index is -1.63. The molecule has 1 aromatic carbocycles. The predicted molar refractivity (Wildman–Crippen MR) is 68.1 cm³/mol. The molecule has 0 radical (unpaired) electrons. The maximum absolute atomic E-state index is 13.5. The molecule has 18 heavy (non-hydrogen) atoms. The van der Waals surface area contributed by atoms with Gasteiger partial charge in [-0.3, -0.25) is 9.00 Å². The first-order valence-electron chi connectivity index (χ1n) is 6.05. The summed E-state index contributed by atoms with van der Waals surface area (Å²) in [4.78, 5) is 13.9. The molecule has 5 heteroatoms. The number of carbonyl (C=O) groups excluding carboxylic acids is 1. The van der Waals surface area contributed by atoms with Gasteiger partial charge < -0.3 is 4.90 Å². The Hall–Kier alpha value is -1.23. The van der Waals surface area contributed by atoms with E-state index in [-0.39, 0.29) is 10.8 Å². The summed E-state index contributed by atoms with van der Waals surface area (Å²) in [6.07, 6.45) is 1.98. The molecule has 0 N–H and O–H groups in total. The monoisotopic (exact) mass is 269 g/mol. The summed E-state index contributed by atoms with van der Waals surface area (Å²) in [6.45, 7) is 3.04. The van der Waals surface area contributed by atoms with Crippen molar-refractivity contribution in [3.8, 4) is 0 Å². The quantitative estimate of drug-likeness (QED) is 0.841. The van der Waals surface area contributed by atoms with Gasteiger partial charge in [0.25, 0.3) is 0 Å². The summed E-state index contributed by atoms with van der Waals surface area (Å²) in [7, 11) is -1.63. The van der Waals surface area contributed by atoms with Crippen molar-refractivity contribution in [2.24, 2.45) is 0 Å². The van der Waals surface area contributed by atoms with E-state index >= 15 is 0 Å². The summed E-state index contributed by atoms with van der Waals surface area (Å²) in [6, 6.07) is 5.91. The van der Waals surface area contributed by atoms with Gasteiger partial charge in [-0.15, -0.1) is 0 Å². The summed E-state index contributed by atoms with van der Waals surface area (Å²) in [5, 5.41) is -0.694. The Labute approximate surface area is 108 Å². The summed E-state index contributed by atoms with van der Waals surface area (Å²) in [5.41, 5.74) is 0. The van der Waals surface area contributed by atoms with Crippen LogP contribution in [0.3, 0.4) is 0 Å². The van der Waals surface area contributed by atoms with E-state index in [1.54, 1.807) is 24.0 Å². The van der Waals surface area contributed by atoms with Crippen molar-refractivity contribution in [2.45, 2.75) is 29.9 Å². The molecule has 3 nitrogen and oxygen atoms in total. The van der Waals surface area contributed by atoms with Crippen molar-refractivity contribution < 1.29 is 13.4 Å². The number of amides is 1. The predicted octanol–water partition coefficient (Wildman–Crippen LogP) is 1.94. The number of hydrogen-bond donors (Lipinski definition) is 0. The van der Waals surface area contributed by atoms with Crippen LogP contribution in [0.15, 0.2) is 29.2 Å². The molecule has 1 amide bonds. The van der Waals surface area contributed by atoms with Crippen LogP contribution in [0.25, 0.3) is 0 Å². The minimum absolute atomic E-state index is 0.109. The van der Waals surface area contributed by atoms with Crippen LogP contribution in [-0.2, 0) is 15.6 Å². The molecule has 1 aromatic rings. The van der Waals surface area contributed by atoms with Gasteiger partial charge in [0.2, 0.25) is 5.91 Å². The van der Waals surface area contributed by atoms with E-state index in [2.05, 4.69) is 0 Å². The Bertz CT molecular complexity index is 472. The third kappa shape index (κ3) is 2.61. The van der Waals surface area contributed by atoms with Crippen LogP contribution in [-0.4, -0.2) is 33.4 Å². The Morgan fingerprint density at radius 2 is 1.94 bits per heavy atom. The van der Waals surface area contributed by atoms with E-state index in [9.17, 15) is 13.4 Å². The number of rotatable bonds is 3. The molecule has 0 spiro atoms. The standard InChI is InChI=1S/C13H16FNO2S/c1-10(13(16)15-8-4-5-9-15)18(17)12-7-3-2-6-11(12)14/h2-3,6-7,10H,4-5,8-9H2,1H3. The molecule has 2 rings (SSSR count). The van der Waals surface area contributed by atoms with E-state index in [0.717, 1.165) is 25.9 Å². The fourth-order valence-corrected chi connectivity index (χ4v) is 3.27. The summed E-state index contributed by atoms with van der Waals surface area (Å²) >= 11 is 0. The molecular formula is C13H16FNO2S. The van der Waals surface area contributed by atoms with Crippen LogP contribution < -0.4 is 0 Å². The van der Waals surface area contributed by atoms with Crippen molar-refractivity contribution in [3.63, 3.8) is 0 Å². The zero-order valence-electron chi connectivity index (χ0n) is 10.3. The molecule has 0 bridgehead atoms. The molecule has 1 heterocycles. The number of likely N-dealkylation sites (tertiary alicyclic amines) is 1. The third-order valence-corrected chi connectivity index (χ3v) is 4.75. The van der Waals surface area contributed by atoms with E-state index in [4.69, 9.17) is 0 Å². The van der Waals surface area contributed by atoms with Gasteiger partial charge in [-0.05, 0) is 31.9 Å². The lowest BCUT2D eigenvalue weighted by Gasteiger charge is -2.20. The Kier molecular flexibility index (Phi) is 4.11. The minimum Gasteiger partial charge on any atom is -0.342 e. The summed E-state index contributed by atoms with van der Waals surface area (Å²) < 4.78 is 25.7. The molecule has 1 aliphatic rings. The normalized spacial score (nSPS) is 18.7. The molecule has 1 aliphatic heterocycles. The molecule has 2 unspecified atom stereocenters. The number of halogens is 1. The Balaban J connectivity index is 2.13. The van der Waals surface area contributed by atoms with Crippen LogP contribution in [0.1, 0.15) is 19.8 Å². The fourth-order valence-electron chi connectivity index (χ4n) is 2.08. The zero-order valence-corrected chi connectivity index (χ0v) is 11.1. The van der Waals surface area contributed by atoms with Crippen molar-refractivity contribution in [1.29, 1.82) is 0 Å². The van der Waals surface area contributed by atoms with Crippen molar-refractivity contribution in [1.82, 2.24) is 4.90 Å². The Morgan fingerprint density at radius 3 is 2.56 bits per heavy atom. The molecule has 1 fully saturated rings.